The van der Waals surface area contributed by atoms with Gasteiger partial charge in [-0.25, -0.2) is 33.2 Å². The number of ether oxygens (including phenoxy) is 3. The zero-order valence-corrected chi connectivity index (χ0v) is 23.0. The Kier molecular flexibility index (Phi) is 6.45. The van der Waals surface area contributed by atoms with Gasteiger partial charge in [0.1, 0.15) is 30.0 Å². The van der Waals surface area contributed by atoms with E-state index in [-0.39, 0.29) is 30.6 Å². The lowest BCUT2D eigenvalue weighted by Gasteiger charge is -2.38. The number of piperidine rings is 1. The van der Waals surface area contributed by atoms with Crippen molar-refractivity contribution in [1.29, 1.82) is 0 Å². The Morgan fingerprint density at radius 1 is 1.02 bits per heavy atom. The lowest BCUT2D eigenvalue weighted by molar-refractivity contribution is -0.141. The molecule has 216 valence electrons. The van der Waals surface area contributed by atoms with Gasteiger partial charge in [0, 0.05) is 37.0 Å². The molecule has 1 aromatic carbocycles. The van der Waals surface area contributed by atoms with E-state index in [9.17, 15) is 0 Å². The Hall–Kier alpha value is -4.65. The third kappa shape index (κ3) is 5.00. The summed E-state index contributed by atoms with van der Waals surface area (Å²) in [6.45, 7) is 2.14. The van der Waals surface area contributed by atoms with Gasteiger partial charge in [-0.15, -0.1) is 0 Å². The van der Waals surface area contributed by atoms with Crippen molar-refractivity contribution in [1.82, 2.24) is 34.4 Å². The normalized spacial score (nSPS) is 18.7. The summed E-state index contributed by atoms with van der Waals surface area (Å²) in [5.41, 5.74) is 2.67. The summed E-state index contributed by atoms with van der Waals surface area (Å²) in [7, 11) is 1.43. The Bertz CT molecular complexity index is 1780. The summed E-state index contributed by atoms with van der Waals surface area (Å²) >= 11 is 0. The maximum Gasteiger partial charge on any atom is 0.296 e. The number of aromatic nitrogens is 6. The molecule has 0 amide bonds. The number of fused-ring (bicyclic) bond motifs is 2. The summed E-state index contributed by atoms with van der Waals surface area (Å²) < 4.78 is 49.8. The molecule has 5 heterocycles. The minimum absolute atomic E-state index is 0.0863. The number of halogens is 2. The van der Waals surface area contributed by atoms with E-state index >= 15 is 8.78 Å². The average molecular weight is 575 g/mol. The van der Waals surface area contributed by atoms with Crippen LogP contribution in [0.5, 0.6) is 23.1 Å². The van der Waals surface area contributed by atoms with Crippen LogP contribution in [0.3, 0.4) is 0 Å². The molecule has 1 saturated heterocycles. The van der Waals surface area contributed by atoms with Gasteiger partial charge in [0.15, 0.2) is 17.5 Å². The summed E-state index contributed by atoms with van der Waals surface area (Å²) in [6.07, 6.45) is 6.94. The maximum atomic E-state index is 15.3. The lowest BCUT2D eigenvalue weighted by atomic mass is 10.0. The van der Waals surface area contributed by atoms with Crippen LogP contribution in [0.2, 0.25) is 0 Å². The van der Waals surface area contributed by atoms with E-state index in [1.54, 1.807) is 16.8 Å². The molecule has 0 bridgehead atoms. The second-order valence-corrected chi connectivity index (χ2v) is 10.6. The van der Waals surface area contributed by atoms with E-state index < -0.39 is 12.0 Å². The highest BCUT2D eigenvalue weighted by atomic mass is 19.3. The molecule has 11 nitrogen and oxygen atoms in total. The number of hydrogen-bond acceptors (Lipinski definition) is 10. The summed E-state index contributed by atoms with van der Waals surface area (Å²) in [5.74, 6) is -1.20. The molecule has 1 aliphatic heterocycles. The highest BCUT2D eigenvalue weighted by Gasteiger charge is 2.49. The molecule has 1 atom stereocenters. The smallest absolute Gasteiger partial charge is 0.296 e. The van der Waals surface area contributed by atoms with Crippen molar-refractivity contribution in [2.75, 3.05) is 25.5 Å². The highest BCUT2D eigenvalue weighted by Crippen LogP contribution is 2.42. The fourth-order valence-corrected chi connectivity index (χ4v) is 5.31. The number of alkyl halides is 2. The number of nitrogens with one attached hydrogen (secondary N) is 1. The van der Waals surface area contributed by atoms with E-state index in [4.69, 9.17) is 14.2 Å². The number of benzene rings is 1. The molecule has 4 aromatic heterocycles. The summed E-state index contributed by atoms with van der Waals surface area (Å²) in [4.78, 5) is 19.1. The topological polar surface area (TPSA) is 112 Å². The van der Waals surface area contributed by atoms with Crippen LogP contribution in [0, 0.1) is 6.92 Å². The van der Waals surface area contributed by atoms with Crippen LogP contribution < -0.4 is 19.5 Å². The van der Waals surface area contributed by atoms with E-state index in [1.807, 2.05) is 36.1 Å². The van der Waals surface area contributed by atoms with Crippen molar-refractivity contribution in [2.24, 2.45) is 0 Å². The highest BCUT2D eigenvalue weighted by molar-refractivity contribution is 5.96. The first-order valence-corrected chi connectivity index (χ1v) is 13.7. The van der Waals surface area contributed by atoms with Crippen LogP contribution in [-0.4, -0.2) is 72.7 Å². The molecule has 1 N–H and O–H groups in total. The largest absolute Gasteiger partial charge is 0.478 e. The Labute approximate surface area is 239 Å². The van der Waals surface area contributed by atoms with Gasteiger partial charge in [0.25, 0.3) is 11.8 Å². The zero-order chi connectivity index (χ0) is 28.8. The maximum absolute atomic E-state index is 15.3. The standard InChI is InChI=1S/C29H28F2N8O3/c1-17-11-18(3-6-22(17)41-20-7-10-39-24(12-20)34-16-36-39)37-27-25-21(33-15-35-27)13-32-28(40-2)26(25)42-23-8-9-38(19-4-5-19)14-29(23,30)31/h3,6-7,10-13,15-16,19,23H,4-5,8-9,14H2,1-2H3,(H,33,35,37)/t23-/m1/s1. The number of hydrogen-bond donors (Lipinski definition) is 1. The molecule has 5 aromatic rings. The van der Waals surface area contributed by atoms with Gasteiger partial charge in [-0.05, 0) is 49.6 Å². The Morgan fingerprint density at radius 2 is 1.90 bits per heavy atom. The first-order valence-electron chi connectivity index (χ1n) is 13.7. The Balaban J connectivity index is 1.17. The van der Waals surface area contributed by atoms with E-state index in [0.717, 1.165) is 18.4 Å². The van der Waals surface area contributed by atoms with Gasteiger partial charge >= 0.3 is 0 Å². The fourth-order valence-electron chi connectivity index (χ4n) is 5.31. The van der Waals surface area contributed by atoms with E-state index in [1.165, 1.54) is 26.0 Å². The molecule has 42 heavy (non-hydrogen) atoms. The van der Waals surface area contributed by atoms with Crippen molar-refractivity contribution in [3.63, 3.8) is 0 Å². The fraction of sp³-hybridized carbons (Fsp3) is 0.345. The van der Waals surface area contributed by atoms with Crippen LogP contribution in [0.15, 0.2) is 55.4 Å². The van der Waals surface area contributed by atoms with Crippen LogP contribution >= 0.6 is 0 Å². The number of anilines is 2. The molecule has 0 radical (unpaired) electrons. The van der Waals surface area contributed by atoms with Crippen molar-refractivity contribution >= 4 is 28.1 Å². The Morgan fingerprint density at radius 3 is 2.69 bits per heavy atom. The second kappa shape index (κ2) is 10.3. The van der Waals surface area contributed by atoms with Crippen LogP contribution in [0.1, 0.15) is 24.8 Å². The number of methoxy groups -OCH3 is 1. The SMILES string of the molecule is COc1ncc2ncnc(Nc3ccc(Oc4ccn5ncnc5c4)c(C)c3)c2c1O[C@@H]1CCN(C2CC2)CC1(F)F. The molecular weight excluding hydrogens is 546 g/mol. The molecule has 1 aliphatic carbocycles. The van der Waals surface area contributed by atoms with Gasteiger partial charge in [0.05, 0.1) is 30.8 Å². The van der Waals surface area contributed by atoms with Crippen molar-refractivity contribution < 1.29 is 23.0 Å². The predicted octanol–water partition coefficient (Wildman–Crippen LogP) is 5.17. The van der Waals surface area contributed by atoms with Crippen molar-refractivity contribution in [3.8, 4) is 23.1 Å². The molecule has 0 unspecified atom stereocenters. The first-order chi connectivity index (χ1) is 20.4. The minimum Gasteiger partial charge on any atom is -0.478 e. The summed E-state index contributed by atoms with van der Waals surface area (Å²) in [6, 6.07) is 9.44. The van der Waals surface area contributed by atoms with E-state index in [2.05, 4.69) is 30.4 Å². The van der Waals surface area contributed by atoms with Gasteiger partial charge in [0.2, 0.25) is 0 Å². The van der Waals surface area contributed by atoms with E-state index in [0.29, 0.717) is 46.1 Å². The number of rotatable bonds is 8. The third-order valence-corrected chi connectivity index (χ3v) is 7.60. The zero-order valence-electron chi connectivity index (χ0n) is 23.0. The van der Waals surface area contributed by atoms with Crippen molar-refractivity contribution in [2.45, 2.75) is 44.3 Å². The van der Waals surface area contributed by atoms with Crippen LogP contribution in [0.25, 0.3) is 16.6 Å². The van der Waals surface area contributed by atoms with Crippen LogP contribution in [0.4, 0.5) is 20.3 Å². The minimum atomic E-state index is -3.04. The number of likely N-dealkylation sites (tertiary alicyclic amines) is 1. The van der Waals surface area contributed by atoms with Gasteiger partial charge in [-0.2, -0.15) is 5.10 Å². The molecule has 0 spiro atoms. The molecule has 1 saturated carbocycles. The van der Waals surface area contributed by atoms with Crippen LogP contribution in [-0.2, 0) is 0 Å². The first kappa shape index (κ1) is 26.3. The lowest BCUT2D eigenvalue weighted by Crippen LogP contribution is -2.54. The van der Waals surface area contributed by atoms with Gasteiger partial charge in [-0.1, -0.05) is 0 Å². The average Bonchev–Trinajstić information content (AvgIpc) is 3.73. The molecule has 2 fully saturated rings. The monoisotopic (exact) mass is 574 g/mol. The molecular formula is C29H28F2N8O3. The van der Waals surface area contributed by atoms with Crippen molar-refractivity contribution in [3.05, 3.63) is 60.9 Å². The van der Waals surface area contributed by atoms with Gasteiger partial charge < -0.3 is 19.5 Å². The molecule has 7 rings (SSSR count). The third-order valence-electron chi connectivity index (χ3n) is 7.60. The van der Waals surface area contributed by atoms with Gasteiger partial charge in [-0.3, -0.25) is 4.90 Å². The molecule has 13 heteroatoms. The second-order valence-electron chi connectivity index (χ2n) is 10.6. The molecule has 2 aliphatic rings. The predicted molar refractivity (Wildman–Crippen MR) is 150 cm³/mol. The number of aryl methyl sites for hydroxylation is 1. The number of nitrogens with zero attached hydrogens (tertiary/aromatic N) is 7. The number of pyridine rings is 2. The quantitative estimate of drug-likeness (QED) is 0.266. The summed E-state index contributed by atoms with van der Waals surface area (Å²) in [5, 5.41) is 7.80.